The molecule has 5 aromatic rings. The summed E-state index contributed by atoms with van der Waals surface area (Å²) in [5.41, 5.74) is 4.97. The summed E-state index contributed by atoms with van der Waals surface area (Å²) in [6, 6.07) is 29.1. The molecule has 0 fully saturated rings. The highest BCUT2D eigenvalue weighted by molar-refractivity contribution is 7.98. The first-order valence-electron chi connectivity index (χ1n) is 11.4. The van der Waals surface area contributed by atoms with Gasteiger partial charge in [0.15, 0.2) is 5.16 Å². The van der Waals surface area contributed by atoms with Crippen LogP contribution in [0.4, 0.5) is 5.82 Å². The molecular weight excluding hydrogens is 468 g/mol. The normalized spacial score (nSPS) is 10.8. The smallest absolute Gasteiger partial charge is 0.336 e. The molecule has 2 aromatic heterocycles. The van der Waals surface area contributed by atoms with Gasteiger partial charge >= 0.3 is 5.63 Å². The molecule has 3 aromatic carbocycles. The van der Waals surface area contributed by atoms with Gasteiger partial charge < -0.3 is 9.73 Å². The molecule has 0 bridgehead atoms. The quantitative estimate of drug-likeness (QED) is 0.162. The van der Waals surface area contributed by atoms with E-state index in [1.807, 2.05) is 85.8 Å². The van der Waals surface area contributed by atoms with Gasteiger partial charge in [-0.3, -0.25) is 0 Å². The molecule has 0 aliphatic carbocycles. The number of hydrogen-bond acceptors (Lipinski definition) is 7. The van der Waals surface area contributed by atoms with Crippen LogP contribution in [-0.4, -0.2) is 9.97 Å². The highest BCUT2D eigenvalue weighted by atomic mass is 32.2. The summed E-state index contributed by atoms with van der Waals surface area (Å²) in [7, 11) is 0. The number of benzene rings is 3. The van der Waals surface area contributed by atoms with Crippen LogP contribution < -0.4 is 10.9 Å². The van der Waals surface area contributed by atoms with Gasteiger partial charge in [0, 0.05) is 29.3 Å². The van der Waals surface area contributed by atoms with Gasteiger partial charge in [-0.05, 0) is 30.2 Å². The Kier molecular flexibility index (Phi) is 6.78. The first-order chi connectivity index (χ1) is 17.6. The second kappa shape index (κ2) is 10.5. The molecule has 0 radical (unpaired) electrons. The van der Waals surface area contributed by atoms with E-state index in [2.05, 4.69) is 11.4 Å². The number of nitrogens with one attached hydrogen (secondary N) is 1. The van der Waals surface area contributed by atoms with Crippen LogP contribution in [-0.2, 0) is 12.3 Å². The number of nitrogens with zero attached hydrogens (tertiary/aromatic N) is 3. The van der Waals surface area contributed by atoms with E-state index in [-0.39, 0.29) is 0 Å². The van der Waals surface area contributed by atoms with Crippen molar-refractivity contribution in [3.8, 4) is 17.3 Å². The summed E-state index contributed by atoms with van der Waals surface area (Å²) >= 11 is 1.41. The average molecular weight is 491 g/mol. The van der Waals surface area contributed by atoms with Gasteiger partial charge in [0.2, 0.25) is 0 Å². The number of aromatic nitrogens is 2. The third-order valence-corrected chi connectivity index (χ3v) is 6.59. The number of thioether (sulfide) groups is 1. The summed E-state index contributed by atoms with van der Waals surface area (Å²) in [5.74, 6) is 0.954. The Balaban J connectivity index is 1.52. The van der Waals surface area contributed by atoms with Gasteiger partial charge in [0.05, 0.1) is 5.69 Å². The lowest BCUT2D eigenvalue weighted by molar-refractivity contribution is 0.559. The molecule has 7 heteroatoms. The number of nitriles is 1. The zero-order valence-electron chi connectivity index (χ0n) is 19.6. The van der Waals surface area contributed by atoms with E-state index in [9.17, 15) is 10.1 Å². The van der Waals surface area contributed by atoms with E-state index >= 15 is 0 Å². The summed E-state index contributed by atoms with van der Waals surface area (Å²) in [6.45, 7) is 2.52. The maximum Gasteiger partial charge on any atom is 0.336 e. The molecule has 0 amide bonds. The summed E-state index contributed by atoms with van der Waals surface area (Å²) in [6.07, 6.45) is 0. The molecule has 36 heavy (non-hydrogen) atoms. The lowest BCUT2D eigenvalue weighted by Crippen LogP contribution is -2.07. The van der Waals surface area contributed by atoms with Crippen LogP contribution in [0, 0.1) is 18.3 Å². The molecule has 0 saturated heterocycles. The first-order valence-corrected chi connectivity index (χ1v) is 12.4. The van der Waals surface area contributed by atoms with Crippen molar-refractivity contribution in [2.24, 2.45) is 0 Å². The molecule has 176 valence electrons. The molecular formula is C29H22N4O2S. The minimum absolute atomic E-state index is 0.391. The molecule has 5 rings (SSSR count). The van der Waals surface area contributed by atoms with E-state index in [0.29, 0.717) is 40.1 Å². The van der Waals surface area contributed by atoms with Crippen molar-refractivity contribution < 1.29 is 4.42 Å². The first kappa shape index (κ1) is 23.3. The number of anilines is 1. The molecule has 2 heterocycles. The highest BCUT2D eigenvalue weighted by Crippen LogP contribution is 2.31. The van der Waals surface area contributed by atoms with E-state index in [1.165, 1.54) is 17.8 Å². The molecule has 0 aliphatic heterocycles. The van der Waals surface area contributed by atoms with Gasteiger partial charge in [0.25, 0.3) is 0 Å². The zero-order valence-corrected chi connectivity index (χ0v) is 20.4. The molecule has 0 aliphatic rings. The van der Waals surface area contributed by atoms with Gasteiger partial charge in [-0.1, -0.05) is 84.1 Å². The third-order valence-electron chi connectivity index (χ3n) is 5.69. The molecule has 0 spiro atoms. The van der Waals surface area contributed by atoms with Crippen molar-refractivity contribution in [1.82, 2.24) is 9.97 Å². The summed E-state index contributed by atoms with van der Waals surface area (Å²) < 4.78 is 5.37. The number of aryl methyl sites for hydroxylation is 1. The summed E-state index contributed by atoms with van der Waals surface area (Å²) in [4.78, 5) is 21.6. The van der Waals surface area contributed by atoms with E-state index in [4.69, 9.17) is 14.4 Å². The number of rotatable bonds is 7. The standard InChI is InChI=1S/C29H22N4O2S/c1-19-12-13-25-23(14-19)22(15-26(34)35-25)18-36-29-32-27(21-10-6-3-7-11-21)24(16-30)28(33-29)31-17-20-8-4-2-5-9-20/h2-15H,17-18H2,1H3,(H,31,32,33). The molecule has 6 nitrogen and oxygen atoms in total. The van der Waals surface area contributed by atoms with Gasteiger partial charge in [0.1, 0.15) is 23.0 Å². The Bertz CT molecular complexity index is 1630. The van der Waals surface area contributed by atoms with E-state index in [0.717, 1.165) is 27.6 Å². The van der Waals surface area contributed by atoms with Crippen LogP contribution in [0.3, 0.4) is 0 Å². The van der Waals surface area contributed by atoms with Crippen LogP contribution >= 0.6 is 11.8 Å². The van der Waals surface area contributed by atoms with Gasteiger partial charge in [-0.2, -0.15) is 5.26 Å². The van der Waals surface area contributed by atoms with E-state index in [1.54, 1.807) is 0 Å². The van der Waals surface area contributed by atoms with Crippen LogP contribution in [0.15, 0.2) is 99.3 Å². The van der Waals surface area contributed by atoms with Crippen molar-refractivity contribution in [3.05, 3.63) is 118 Å². The Morgan fingerprint density at radius 3 is 2.47 bits per heavy atom. The molecule has 1 N–H and O–H groups in total. The van der Waals surface area contributed by atoms with Crippen molar-refractivity contribution in [3.63, 3.8) is 0 Å². The number of fused-ring (bicyclic) bond motifs is 1. The lowest BCUT2D eigenvalue weighted by Gasteiger charge is -2.13. The monoisotopic (exact) mass is 490 g/mol. The van der Waals surface area contributed by atoms with Crippen molar-refractivity contribution in [2.45, 2.75) is 24.4 Å². The molecule has 0 saturated carbocycles. The Morgan fingerprint density at radius 2 is 1.72 bits per heavy atom. The lowest BCUT2D eigenvalue weighted by atomic mass is 10.1. The topological polar surface area (TPSA) is 91.8 Å². The van der Waals surface area contributed by atoms with Gasteiger partial charge in [-0.25, -0.2) is 14.8 Å². The minimum atomic E-state index is -0.391. The predicted molar refractivity (Wildman–Crippen MR) is 143 cm³/mol. The summed E-state index contributed by atoms with van der Waals surface area (Å²) in [5, 5.41) is 14.7. The Labute approximate surface area is 212 Å². The average Bonchev–Trinajstić information content (AvgIpc) is 2.91. The largest absolute Gasteiger partial charge is 0.423 e. The fraction of sp³-hybridized carbons (Fsp3) is 0.103. The third kappa shape index (κ3) is 5.14. The Morgan fingerprint density at radius 1 is 0.972 bits per heavy atom. The fourth-order valence-electron chi connectivity index (χ4n) is 3.93. The molecule has 0 atom stereocenters. The second-order valence-electron chi connectivity index (χ2n) is 8.27. The van der Waals surface area contributed by atoms with Crippen molar-refractivity contribution in [1.29, 1.82) is 5.26 Å². The number of hydrogen-bond donors (Lipinski definition) is 1. The van der Waals surface area contributed by atoms with Crippen molar-refractivity contribution >= 4 is 28.5 Å². The van der Waals surface area contributed by atoms with Crippen LogP contribution in [0.25, 0.3) is 22.2 Å². The maximum atomic E-state index is 12.1. The zero-order chi connectivity index (χ0) is 24.9. The predicted octanol–water partition coefficient (Wildman–Crippen LogP) is 6.33. The second-order valence-corrected chi connectivity index (χ2v) is 9.22. The fourth-order valence-corrected chi connectivity index (χ4v) is 4.76. The molecule has 0 unspecified atom stereocenters. The van der Waals surface area contributed by atoms with Crippen LogP contribution in [0.2, 0.25) is 0 Å². The van der Waals surface area contributed by atoms with Gasteiger partial charge in [-0.15, -0.1) is 0 Å². The highest BCUT2D eigenvalue weighted by Gasteiger charge is 2.17. The minimum Gasteiger partial charge on any atom is -0.423 e. The Hall–Kier alpha value is -4.41. The maximum absolute atomic E-state index is 12.1. The van der Waals surface area contributed by atoms with Crippen molar-refractivity contribution in [2.75, 3.05) is 5.32 Å². The SMILES string of the molecule is Cc1ccc2oc(=O)cc(CSc3nc(NCc4ccccc4)c(C#N)c(-c4ccccc4)n3)c2c1. The van der Waals surface area contributed by atoms with Crippen LogP contribution in [0.5, 0.6) is 0 Å². The van der Waals surface area contributed by atoms with E-state index < -0.39 is 5.63 Å². The van der Waals surface area contributed by atoms with Crippen LogP contribution in [0.1, 0.15) is 22.3 Å².